The van der Waals surface area contributed by atoms with Crippen LogP contribution in [-0.4, -0.2) is 12.7 Å². The van der Waals surface area contributed by atoms with Gasteiger partial charge in [-0.2, -0.15) is 0 Å². The third kappa shape index (κ3) is 2.58. The zero-order valence-electron chi connectivity index (χ0n) is 9.97. The molecule has 1 aliphatic heterocycles. The van der Waals surface area contributed by atoms with Gasteiger partial charge in [0.2, 0.25) is 0 Å². The van der Waals surface area contributed by atoms with E-state index in [-0.39, 0.29) is 0 Å². The summed E-state index contributed by atoms with van der Waals surface area (Å²) in [6.07, 6.45) is 5.83. The average molecular weight is 246 g/mol. The highest BCUT2D eigenvalue weighted by Crippen LogP contribution is 2.39. The number of hydrogen-bond acceptors (Lipinski definition) is 2. The molecule has 1 saturated carbocycles. The predicted octanol–water partition coefficient (Wildman–Crippen LogP) is 4.25. The van der Waals surface area contributed by atoms with Crippen LogP contribution >= 0.6 is 11.8 Å². The molecule has 2 aliphatic rings. The van der Waals surface area contributed by atoms with Crippen molar-refractivity contribution >= 4 is 11.8 Å². The van der Waals surface area contributed by atoms with E-state index in [2.05, 4.69) is 35.7 Å². The molecule has 1 aromatic rings. The summed E-state index contributed by atoms with van der Waals surface area (Å²) in [5.74, 6) is 0.708. The van der Waals surface area contributed by atoms with Gasteiger partial charge in [0.25, 0.3) is 0 Å². The van der Waals surface area contributed by atoms with Crippen molar-refractivity contribution < 1.29 is 4.74 Å². The van der Waals surface area contributed by atoms with Gasteiger partial charge in [0.1, 0.15) is 0 Å². The molecule has 17 heavy (non-hydrogen) atoms. The summed E-state index contributed by atoms with van der Waals surface area (Å²) >= 11 is 1.83. The largest absolute Gasteiger partial charge is 0.373 e. The summed E-state index contributed by atoms with van der Waals surface area (Å²) < 4.78 is 5.88. The Kier molecular flexibility index (Phi) is 3.53. The smallest absolute Gasteiger partial charge is 0.0692 e. The molecule has 0 aromatic heterocycles. The lowest BCUT2D eigenvalue weighted by Gasteiger charge is -2.23. The van der Waals surface area contributed by atoms with Crippen LogP contribution in [-0.2, 0) is 4.74 Å². The molecule has 2 unspecified atom stereocenters. The van der Waals surface area contributed by atoms with E-state index in [0.29, 0.717) is 12.0 Å². The summed E-state index contributed by atoms with van der Waals surface area (Å²) in [7, 11) is 0. The van der Waals surface area contributed by atoms with Gasteiger partial charge in [-0.05, 0) is 36.0 Å². The molecule has 3 rings (SSSR count). The summed E-state index contributed by atoms with van der Waals surface area (Å²) in [6, 6.07) is 10.6. The summed E-state index contributed by atoms with van der Waals surface area (Å²) in [6.45, 7) is 0.856. The van der Waals surface area contributed by atoms with Gasteiger partial charge in [-0.3, -0.25) is 0 Å². The first-order valence-corrected chi connectivity index (χ1v) is 7.34. The lowest BCUT2D eigenvalue weighted by Crippen LogP contribution is -2.20. The first-order valence-electron chi connectivity index (χ1n) is 6.46. The molecule has 1 nitrogen and oxygen atoms in total. The number of ether oxygens (including phenoxy) is 1. The Balaban J connectivity index is 1.68. The van der Waals surface area contributed by atoms with Crippen LogP contribution in [0.2, 0.25) is 0 Å². The minimum Gasteiger partial charge on any atom is -0.373 e. The minimum atomic E-state index is 0.520. The third-order valence-corrected chi connectivity index (χ3v) is 4.70. The molecule has 2 atom stereocenters. The monoisotopic (exact) mass is 246 g/mol. The second kappa shape index (κ2) is 5.28. The number of rotatable bonds is 2. The molecule has 2 heteroatoms. The summed E-state index contributed by atoms with van der Waals surface area (Å²) in [4.78, 5) is 1.32. The van der Waals surface area contributed by atoms with Crippen molar-refractivity contribution in [1.29, 1.82) is 0 Å². The SMILES string of the molecule is C(Sc1ccccc1)=C1COC2CCCCC12. The quantitative estimate of drug-likeness (QED) is 0.721. The zero-order valence-corrected chi connectivity index (χ0v) is 10.8. The first kappa shape index (κ1) is 11.4. The summed E-state index contributed by atoms with van der Waals surface area (Å²) in [5, 5.41) is 2.32. The van der Waals surface area contributed by atoms with Gasteiger partial charge < -0.3 is 4.74 Å². The molecular formula is C15H18OS. The Labute approximate surface area is 107 Å². The molecule has 0 N–H and O–H groups in total. The molecule has 0 radical (unpaired) electrons. The Morgan fingerprint density at radius 2 is 1.94 bits per heavy atom. The molecule has 0 spiro atoms. The van der Waals surface area contributed by atoms with Crippen LogP contribution in [0.4, 0.5) is 0 Å². The molecule has 0 bridgehead atoms. The Morgan fingerprint density at radius 1 is 1.12 bits per heavy atom. The second-order valence-electron chi connectivity index (χ2n) is 4.86. The van der Waals surface area contributed by atoms with Crippen molar-refractivity contribution in [3.05, 3.63) is 41.3 Å². The van der Waals surface area contributed by atoms with E-state index < -0.39 is 0 Å². The Bertz CT molecular complexity index is 399. The third-order valence-electron chi connectivity index (χ3n) is 3.73. The van der Waals surface area contributed by atoms with E-state index in [1.807, 2.05) is 11.8 Å². The van der Waals surface area contributed by atoms with Gasteiger partial charge in [-0.25, -0.2) is 0 Å². The van der Waals surface area contributed by atoms with Crippen molar-refractivity contribution in [2.45, 2.75) is 36.7 Å². The van der Waals surface area contributed by atoms with Crippen molar-refractivity contribution in [1.82, 2.24) is 0 Å². The van der Waals surface area contributed by atoms with Gasteiger partial charge in [0, 0.05) is 10.8 Å². The van der Waals surface area contributed by atoms with Crippen molar-refractivity contribution in [3.8, 4) is 0 Å². The predicted molar refractivity (Wildman–Crippen MR) is 72.1 cm³/mol. The number of hydrogen-bond donors (Lipinski definition) is 0. The maximum atomic E-state index is 5.88. The van der Waals surface area contributed by atoms with E-state index in [1.54, 1.807) is 0 Å². The van der Waals surface area contributed by atoms with Crippen LogP contribution in [0.15, 0.2) is 46.2 Å². The number of benzene rings is 1. The highest BCUT2D eigenvalue weighted by molar-refractivity contribution is 8.02. The van der Waals surface area contributed by atoms with Gasteiger partial charge in [-0.15, -0.1) is 0 Å². The maximum Gasteiger partial charge on any atom is 0.0692 e. The molecule has 1 saturated heterocycles. The van der Waals surface area contributed by atoms with E-state index in [9.17, 15) is 0 Å². The maximum absolute atomic E-state index is 5.88. The van der Waals surface area contributed by atoms with Crippen molar-refractivity contribution in [2.75, 3.05) is 6.61 Å². The fourth-order valence-corrected chi connectivity index (χ4v) is 3.64. The fourth-order valence-electron chi connectivity index (χ4n) is 2.80. The van der Waals surface area contributed by atoms with Crippen molar-refractivity contribution in [2.24, 2.45) is 5.92 Å². The van der Waals surface area contributed by atoms with E-state index in [0.717, 1.165) is 6.61 Å². The average Bonchev–Trinajstić information content (AvgIpc) is 2.81. The molecule has 1 aliphatic carbocycles. The van der Waals surface area contributed by atoms with E-state index in [1.165, 1.54) is 36.2 Å². The molecule has 1 aromatic carbocycles. The molecular weight excluding hydrogens is 228 g/mol. The lowest BCUT2D eigenvalue weighted by atomic mass is 9.84. The van der Waals surface area contributed by atoms with Crippen LogP contribution in [0.1, 0.15) is 25.7 Å². The lowest BCUT2D eigenvalue weighted by molar-refractivity contribution is 0.0663. The first-order chi connectivity index (χ1) is 8.43. The van der Waals surface area contributed by atoms with Crippen molar-refractivity contribution in [3.63, 3.8) is 0 Å². The van der Waals surface area contributed by atoms with E-state index >= 15 is 0 Å². The summed E-state index contributed by atoms with van der Waals surface area (Å²) in [5.41, 5.74) is 1.52. The number of fused-ring (bicyclic) bond motifs is 1. The molecule has 2 fully saturated rings. The van der Waals surface area contributed by atoms with Gasteiger partial charge in [-0.1, -0.05) is 42.8 Å². The van der Waals surface area contributed by atoms with Gasteiger partial charge >= 0.3 is 0 Å². The van der Waals surface area contributed by atoms with E-state index in [4.69, 9.17) is 4.74 Å². The van der Waals surface area contributed by atoms with Crippen LogP contribution in [0, 0.1) is 5.92 Å². The second-order valence-corrected chi connectivity index (χ2v) is 5.81. The highest BCUT2D eigenvalue weighted by Gasteiger charge is 2.34. The van der Waals surface area contributed by atoms with Crippen LogP contribution in [0.25, 0.3) is 0 Å². The normalized spacial score (nSPS) is 30.5. The van der Waals surface area contributed by atoms with Gasteiger partial charge in [0.05, 0.1) is 12.7 Å². The van der Waals surface area contributed by atoms with Gasteiger partial charge in [0.15, 0.2) is 0 Å². The molecule has 90 valence electrons. The van der Waals surface area contributed by atoms with Crippen LogP contribution in [0.5, 0.6) is 0 Å². The Hall–Kier alpha value is -0.730. The topological polar surface area (TPSA) is 9.23 Å². The minimum absolute atomic E-state index is 0.520. The van der Waals surface area contributed by atoms with Crippen LogP contribution < -0.4 is 0 Å². The standard InChI is InChI=1S/C15H18OS/c1-2-6-13(7-3-1)17-11-12-10-16-15-9-5-4-8-14(12)15/h1-3,6-7,11,14-15H,4-5,8-10H2. The molecule has 0 amide bonds. The molecule has 1 heterocycles. The Morgan fingerprint density at radius 3 is 2.82 bits per heavy atom. The fraction of sp³-hybridized carbons (Fsp3) is 0.467. The highest BCUT2D eigenvalue weighted by atomic mass is 32.2. The van der Waals surface area contributed by atoms with Crippen LogP contribution in [0.3, 0.4) is 0 Å². The number of thioether (sulfide) groups is 1. The zero-order chi connectivity index (χ0) is 11.5.